The topological polar surface area (TPSA) is 87.3 Å². The largest absolute Gasteiger partial charge is 0.487 e. The van der Waals surface area contributed by atoms with Gasteiger partial charge in [-0.1, -0.05) is 0 Å². The van der Waals surface area contributed by atoms with Crippen molar-refractivity contribution in [3.05, 3.63) is 60.5 Å². The molecule has 0 amide bonds. The normalized spacial score (nSPS) is 10.9. The molecule has 0 aliphatic carbocycles. The van der Waals surface area contributed by atoms with Crippen LogP contribution in [0.2, 0.25) is 0 Å². The highest BCUT2D eigenvalue weighted by Crippen LogP contribution is 2.24. The summed E-state index contributed by atoms with van der Waals surface area (Å²) >= 11 is 0. The van der Waals surface area contributed by atoms with Crippen molar-refractivity contribution in [1.82, 2.24) is 15.2 Å². The molecule has 7 heteroatoms. The molecule has 4 rings (SSSR count). The van der Waals surface area contributed by atoms with Gasteiger partial charge in [0.1, 0.15) is 23.8 Å². The van der Waals surface area contributed by atoms with Crippen molar-refractivity contribution in [3.63, 3.8) is 0 Å². The number of hydrogen-bond acceptors (Lipinski definition) is 7. The maximum absolute atomic E-state index is 5.76. The van der Waals surface area contributed by atoms with Gasteiger partial charge in [-0.15, -0.1) is 10.2 Å². The molecule has 0 aliphatic heterocycles. The lowest BCUT2D eigenvalue weighted by molar-refractivity contribution is 0.299. The van der Waals surface area contributed by atoms with E-state index in [1.54, 1.807) is 18.4 Å². The van der Waals surface area contributed by atoms with Crippen molar-refractivity contribution in [1.29, 1.82) is 0 Å². The molecule has 3 heterocycles. The van der Waals surface area contributed by atoms with Crippen LogP contribution in [0.1, 0.15) is 11.5 Å². The van der Waals surface area contributed by atoms with E-state index in [1.807, 2.05) is 31.2 Å². The van der Waals surface area contributed by atoms with Gasteiger partial charge in [0.25, 0.3) is 5.89 Å². The Morgan fingerprint density at radius 2 is 1.92 bits per heavy atom. The summed E-state index contributed by atoms with van der Waals surface area (Å²) in [5.74, 6) is 2.91. The predicted octanol–water partition coefficient (Wildman–Crippen LogP) is 3.87. The van der Waals surface area contributed by atoms with Crippen LogP contribution in [0.4, 0.5) is 0 Å². The number of nitrogens with zero attached hydrogens (tertiary/aromatic N) is 3. The molecule has 0 saturated carbocycles. The summed E-state index contributed by atoms with van der Waals surface area (Å²) < 4.78 is 21.8. The van der Waals surface area contributed by atoms with E-state index in [0.29, 0.717) is 35.7 Å². The second-order valence-corrected chi connectivity index (χ2v) is 5.06. The molecule has 0 aliphatic rings. The Kier molecular flexibility index (Phi) is 3.59. The molecular weight excluding hydrogens is 310 g/mol. The Morgan fingerprint density at radius 1 is 1.04 bits per heavy atom. The third-order valence-corrected chi connectivity index (χ3v) is 3.46. The van der Waals surface area contributed by atoms with E-state index in [-0.39, 0.29) is 0 Å². The van der Waals surface area contributed by atoms with E-state index < -0.39 is 0 Å². The first kappa shape index (κ1) is 14.3. The van der Waals surface area contributed by atoms with Crippen LogP contribution < -0.4 is 4.74 Å². The van der Waals surface area contributed by atoms with Crippen LogP contribution >= 0.6 is 0 Å². The maximum Gasteiger partial charge on any atom is 0.263 e. The number of oxazole rings is 1. The molecule has 4 aromatic rings. The minimum absolute atomic E-state index is 0.302. The van der Waals surface area contributed by atoms with Gasteiger partial charge in [0.05, 0.1) is 6.26 Å². The standard InChI is InChI=1S/C17H13N3O4/c1-11-14(19-17(24-11)15-3-2-8-21-15)9-22-13-6-4-12(5-7-13)16-20-18-10-23-16/h2-8,10H,9H2,1H3. The molecule has 3 aromatic heterocycles. The van der Waals surface area contributed by atoms with E-state index in [2.05, 4.69) is 15.2 Å². The molecule has 24 heavy (non-hydrogen) atoms. The van der Waals surface area contributed by atoms with Crippen molar-refractivity contribution in [2.45, 2.75) is 13.5 Å². The second-order valence-electron chi connectivity index (χ2n) is 5.06. The Hall–Kier alpha value is -3.35. The van der Waals surface area contributed by atoms with Crippen LogP contribution in [0.25, 0.3) is 23.1 Å². The van der Waals surface area contributed by atoms with Gasteiger partial charge in [-0.25, -0.2) is 4.98 Å². The number of aromatic nitrogens is 3. The fourth-order valence-electron chi connectivity index (χ4n) is 2.21. The first-order chi connectivity index (χ1) is 11.8. The maximum atomic E-state index is 5.76. The molecule has 0 fully saturated rings. The zero-order valence-electron chi connectivity index (χ0n) is 12.8. The highest BCUT2D eigenvalue weighted by Gasteiger charge is 2.14. The highest BCUT2D eigenvalue weighted by atomic mass is 16.5. The fourth-order valence-corrected chi connectivity index (χ4v) is 2.21. The minimum atomic E-state index is 0.302. The number of aryl methyl sites for hydroxylation is 1. The Morgan fingerprint density at radius 3 is 2.62 bits per heavy atom. The van der Waals surface area contributed by atoms with Gasteiger partial charge in [0.15, 0.2) is 5.76 Å². The molecule has 0 saturated heterocycles. The molecule has 120 valence electrons. The molecule has 0 radical (unpaired) electrons. The molecule has 0 atom stereocenters. The number of hydrogen-bond donors (Lipinski definition) is 0. The van der Waals surface area contributed by atoms with E-state index in [4.69, 9.17) is 18.0 Å². The second kappa shape index (κ2) is 6.04. The van der Waals surface area contributed by atoms with Gasteiger partial charge in [-0.2, -0.15) is 0 Å². The van der Waals surface area contributed by atoms with E-state index in [9.17, 15) is 0 Å². The Balaban J connectivity index is 1.45. The SMILES string of the molecule is Cc1oc(-c2ccco2)nc1COc1ccc(-c2nnco2)cc1. The lowest BCUT2D eigenvalue weighted by Gasteiger charge is -2.04. The van der Waals surface area contributed by atoms with Gasteiger partial charge in [0.2, 0.25) is 12.3 Å². The smallest absolute Gasteiger partial charge is 0.263 e. The van der Waals surface area contributed by atoms with Gasteiger partial charge >= 0.3 is 0 Å². The van der Waals surface area contributed by atoms with Crippen LogP contribution in [-0.4, -0.2) is 15.2 Å². The quantitative estimate of drug-likeness (QED) is 0.551. The molecule has 0 N–H and O–H groups in total. The number of furan rings is 1. The van der Waals surface area contributed by atoms with Crippen LogP contribution in [0, 0.1) is 6.92 Å². The number of benzene rings is 1. The van der Waals surface area contributed by atoms with Crippen molar-refractivity contribution in [2.24, 2.45) is 0 Å². The zero-order valence-corrected chi connectivity index (χ0v) is 12.8. The lowest BCUT2D eigenvalue weighted by atomic mass is 10.2. The first-order valence-electron chi connectivity index (χ1n) is 7.29. The van der Waals surface area contributed by atoms with Crippen LogP contribution in [0.15, 0.2) is 62.3 Å². The van der Waals surface area contributed by atoms with Gasteiger partial charge in [-0.05, 0) is 43.3 Å². The van der Waals surface area contributed by atoms with Crippen LogP contribution in [-0.2, 0) is 6.61 Å². The minimum Gasteiger partial charge on any atom is -0.487 e. The molecule has 0 unspecified atom stereocenters. The van der Waals surface area contributed by atoms with Crippen LogP contribution in [0.3, 0.4) is 0 Å². The van der Waals surface area contributed by atoms with Gasteiger partial charge < -0.3 is 18.0 Å². The average molecular weight is 323 g/mol. The highest BCUT2D eigenvalue weighted by molar-refractivity contribution is 5.53. The van der Waals surface area contributed by atoms with Crippen LogP contribution in [0.5, 0.6) is 5.75 Å². The monoisotopic (exact) mass is 323 g/mol. The van der Waals surface area contributed by atoms with Gasteiger partial charge in [0, 0.05) is 5.56 Å². The molecule has 1 aromatic carbocycles. The third kappa shape index (κ3) is 2.79. The summed E-state index contributed by atoms with van der Waals surface area (Å²) in [6.45, 7) is 2.15. The zero-order chi connectivity index (χ0) is 16.4. The van der Waals surface area contributed by atoms with Crippen molar-refractivity contribution < 1.29 is 18.0 Å². The predicted molar refractivity (Wildman–Crippen MR) is 83.0 cm³/mol. The average Bonchev–Trinajstić information content (AvgIpc) is 3.35. The molecule has 0 bridgehead atoms. The lowest BCUT2D eigenvalue weighted by Crippen LogP contribution is -1.97. The van der Waals surface area contributed by atoms with E-state index in [1.165, 1.54) is 6.39 Å². The Labute approximate surface area is 136 Å². The number of ether oxygens (including phenoxy) is 1. The first-order valence-corrected chi connectivity index (χ1v) is 7.29. The molecular formula is C17H13N3O4. The Bertz CT molecular complexity index is 910. The van der Waals surface area contributed by atoms with Crippen molar-refractivity contribution in [3.8, 4) is 28.9 Å². The molecule has 7 nitrogen and oxygen atoms in total. The summed E-state index contributed by atoms with van der Waals surface area (Å²) in [6, 6.07) is 11.0. The fraction of sp³-hybridized carbons (Fsp3) is 0.118. The van der Waals surface area contributed by atoms with Crippen molar-refractivity contribution in [2.75, 3.05) is 0 Å². The van der Waals surface area contributed by atoms with Gasteiger partial charge in [-0.3, -0.25) is 0 Å². The number of rotatable bonds is 5. The molecule has 0 spiro atoms. The third-order valence-electron chi connectivity index (χ3n) is 3.46. The summed E-state index contributed by atoms with van der Waals surface area (Å²) in [7, 11) is 0. The summed E-state index contributed by atoms with van der Waals surface area (Å²) in [4.78, 5) is 4.41. The summed E-state index contributed by atoms with van der Waals surface area (Å²) in [6.07, 6.45) is 2.87. The summed E-state index contributed by atoms with van der Waals surface area (Å²) in [5, 5.41) is 7.52. The van der Waals surface area contributed by atoms with Crippen molar-refractivity contribution >= 4 is 0 Å². The van der Waals surface area contributed by atoms with E-state index in [0.717, 1.165) is 11.3 Å². The summed E-state index contributed by atoms with van der Waals surface area (Å²) in [5.41, 5.74) is 1.56. The van der Waals surface area contributed by atoms with E-state index >= 15 is 0 Å².